The average Bonchev–Trinajstić information content (AvgIpc) is 3.56. The summed E-state index contributed by atoms with van der Waals surface area (Å²) in [7, 11) is 0. The lowest BCUT2D eigenvalue weighted by atomic mass is 9.32. The number of hydrogen-bond acceptors (Lipinski definition) is 2. The first-order chi connectivity index (χ1) is 24.8. The lowest BCUT2D eigenvalue weighted by Gasteiger charge is -2.44. The predicted molar refractivity (Wildman–Crippen MR) is 228 cm³/mol. The second kappa shape index (κ2) is 10.8. The first kappa shape index (κ1) is 34.3. The summed E-state index contributed by atoms with van der Waals surface area (Å²) >= 11 is 0. The molecule has 1 aliphatic carbocycles. The molecule has 0 bridgehead atoms. The van der Waals surface area contributed by atoms with Gasteiger partial charge in [-0.05, 0) is 103 Å². The molecular weight excluding hydrogens is 641 g/mol. The van der Waals surface area contributed by atoms with Crippen LogP contribution in [-0.2, 0) is 27.1 Å². The van der Waals surface area contributed by atoms with E-state index < -0.39 is 0 Å². The van der Waals surface area contributed by atoms with Gasteiger partial charge in [-0.25, -0.2) is 0 Å². The van der Waals surface area contributed by atoms with Crippen molar-refractivity contribution in [3.63, 3.8) is 0 Å². The molecule has 0 saturated heterocycles. The molecule has 0 spiro atoms. The SMILES string of the molecule is CC(C)(C)c1ccc(-c2ccccc2N2c3cc4c(cc3B3c5oc6ccc(C(C)(C)C)cc6c5C(C)(C)c5cccc2c53)C(C)(C)CC4(C)C)cc1. The van der Waals surface area contributed by atoms with Crippen molar-refractivity contribution in [2.24, 2.45) is 0 Å². The van der Waals surface area contributed by atoms with Crippen LogP contribution in [0.25, 0.3) is 22.1 Å². The Bertz CT molecular complexity index is 2480. The van der Waals surface area contributed by atoms with Gasteiger partial charge >= 0.3 is 0 Å². The minimum absolute atomic E-state index is 0.0102. The summed E-state index contributed by atoms with van der Waals surface area (Å²) in [5, 5.41) is 1.25. The molecule has 3 heterocycles. The normalized spacial score (nSPS) is 17.7. The summed E-state index contributed by atoms with van der Waals surface area (Å²) in [5.41, 5.74) is 19.4. The molecule has 3 heteroatoms. The fourth-order valence-corrected chi connectivity index (χ4v) is 10.5. The molecule has 0 saturated carbocycles. The van der Waals surface area contributed by atoms with Gasteiger partial charge in [0.1, 0.15) is 5.58 Å². The molecule has 2 aliphatic heterocycles. The molecule has 5 aromatic carbocycles. The van der Waals surface area contributed by atoms with E-state index in [1.54, 1.807) is 0 Å². The highest BCUT2D eigenvalue weighted by atomic mass is 16.3. The summed E-state index contributed by atoms with van der Waals surface area (Å²) in [6, 6.07) is 37.4. The number of para-hydroxylation sites is 1. The molecule has 0 amide bonds. The molecule has 0 unspecified atom stereocenters. The van der Waals surface area contributed by atoms with Crippen LogP contribution in [0.15, 0.2) is 101 Å². The van der Waals surface area contributed by atoms with Gasteiger partial charge in [-0.3, -0.25) is 0 Å². The number of rotatable bonds is 2. The number of benzene rings is 5. The van der Waals surface area contributed by atoms with E-state index in [9.17, 15) is 0 Å². The highest BCUT2D eigenvalue weighted by molar-refractivity contribution is 6.98. The average molecular weight is 696 g/mol. The van der Waals surface area contributed by atoms with Crippen molar-refractivity contribution >= 4 is 51.3 Å². The standard InChI is InChI=1S/C50H54BNO/c1-46(2,3)31-22-20-30(21-23-31)33-16-13-14-18-39(33)52-40-19-15-17-35-44(40)51(38-27-36-37(28-41(38)52)49(9,10)29-48(36,7)8)45-43(50(35,11)12)34-26-32(47(4,5)6)24-25-42(34)53-45/h13-28H,29H2,1-12H3. The molecule has 2 nitrogen and oxygen atoms in total. The Balaban J connectivity index is 1.36. The Morgan fingerprint density at radius 3 is 1.91 bits per heavy atom. The van der Waals surface area contributed by atoms with Gasteiger partial charge in [0.05, 0.1) is 11.3 Å². The van der Waals surface area contributed by atoms with Crippen molar-refractivity contribution in [2.45, 2.75) is 117 Å². The van der Waals surface area contributed by atoms with Crippen molar-refractivity contribution in [3.8, 4) is 11.1 Å². The number of fused-ring (bicyclic) bond motifs is 7. The third kappa shape index (κ3) is 4.91. The zero-order valence-electron chi connectivity index (χ0n) is 33.9. The number of furan rings is 1. The monoisotopic (exact) mass is 695 g/mol. The molecule has 0 atom stereocenters. The van der Waals surface area contributed by atoms with Crippen LogP contribution in [-0.4, -0.2) is 6.71 Å². The fourth-order valence-electron chi connectivity index (χ4n) is 10.5. The van der Waals surface area contributed by atoms with Crippen LogP contribution < -0.4 is 21.5 Å². The number of anilines is 3. The topological polar surface area (TPSA) is 16.4 Å². The predicted octanol–water partition coefficient (Wildman–Crippen LogP) is 11.6. The third-order valence-electron chi connectivity index (χ3n) is 13.0. The van der Waals surface area contributed by atoms with Crippen LogP contribution in [0.2, 0.25) is 0 Å². The van der Waals surface area contributed by atoms with Gasteiger partial charge in [-0.15, -0.1) is 0 Å². The molecule has 268 valence electrons. The van der Waals surface area contributed by atoms with Crippen LogP contribution in [0.4, 0.5) is 17.1 Å². The second-order valence-electron chi connectivity index (χ2n) is 20.2. The van der Waals surface area contributed by atoms with Crippen molar-refractivity contribution in [3.05, 3.63) is 130 Å². The maximum Gasteiger partial charge on any atom is 0.292 e. The Morgan fingerprint density at radius 1 is 0.604 bits per heavy atom. The Labute approximate surface area is 317 Å². The van der Waals surface area contributed by atoms with Gasteiger partial charge in [0.25, 0.3) is 6.71 Å². The molecule has 9 rings (SSSR count). The van der Waals surface area contributed by atoms with E-state index in [0.717, 1.165) is 17.7 Å². The smallest absolute Gasteiger partial charge is 0.292 e. The Kier molecular flexibility index (Phi) is 6.99. The second-order valence-corrected chi connectivity index (χ2v) is 20.2. The van der Waals surface area contributed by atoms with Gasteiger partial charge in [-0.2, -0.15) is 0 Å². The lowest BCUT2D eigenvalue weighted by molar-refractivity contribution is 0.403. The fraction of sp³-hybridized carbons (Fsp3) is 0.360. The summed E-state index contributed by atoms with van der Waals surface area (Å²) < 4.78 is 7.17. The van der Waals surface area contributed by atoms with Crippen LogP contribution in [0, 0.1) is 0 Å². The number of hydrogen-bond donors (Lipinski definition) is 0. The largest absolute Gasteiger partial charge is 0.470 e. The molecular formula is C50H54BNO. The molecule has 0 radical (unpaired) electrons. The van der Waals surface area contributed by atoms with Crippen molar-refractivity contribution in [1.29, 1.82) is 0 Å². The van der Waals surface area contributed by atoms with Gasteiger partial charge in [-0.1, -0.05) is 150 Å². The van der Waals surface area contributed by atoms with E-state index in [1.807, 2.05) is 0 Å². The van der Waals surface area contributed by atoms with Crippen molar-refractivity contribution in [2.75, 3.05) is 4.90 Å². The summed E-state index contributed by atoms with van der Waals surface area (Å²) in [6.45, 7) is 28.3. The van der Waals surface area contributed by atoms with Crippen molar-refractivity contribution in [1.82, 2.24) is 0 Å². The van der Waals surface area contributed by atoms with E-state index in [0.29, 0.717) is 0 Å². The highest BCUT2D eigenvalue weighted by Crippen LogP contribution is 2.53. The first-order valence-corrected chi connectivity index (χ1v) is 19.7. The third-order valence-corrected chi connectivity index (χ3v) is 13.0. The summed E-state index contributed by atoms with van der Waals surface area (Å²) in [5.74, 6) is 0. The maximum absolute atomic E-state index is 7.17. The van der Waals surface area contributed by atoms with Crippen LogP contribution >= 0.6 is 0 Å². The van der Waals surface area contributed by atoms with E-state index in [-0.39, 0.29) is 33.8 Å². The number of nitrogens with zero attached hydrogens (tertiary/aromatic N) is 1. The summed E-state index contributed by atoms with van der Waals surface area (Å²) in [6.07, 6.45) is 1.12. The Morgan fingerprint density at radius 2 is 1.23 bits per heavy atom. The lowest BCUT2D eigenvalue weighted by Crippen LogP contribution is -2.63. The molecule has 0 N–H and O–H groups in total. The van der Waals surface area contributed by atoms with E-state index in [4.69, 9.17) is 4.42 Å². The molecule has 0 fully saturated rings. The minimum atomic E-state index is -0.262. The quantitative estimate of drug-likeness (QED) is 0.167. The molecule has 53 heavy (non-hydrogen) atoms. The zero-order valence-corrected chi connectivity index (χ0v) is 33.9. The highest BCUT2D eigenvalue weighted by Gasteiger charge is 2.51. The Hall–Kier alpha value is -4.50. The van der Waals surface area contributed by atoms with Crippen LogP contribution in [0.1, 0.15) is 123 Å². The van der Waals surface area contributed by atoms with Gasteiger partial charge < -0.3 is 9.32 Å². The van der Waals surface area contributed by atoms with E-state index >= 15 is 0 Å². The van der Waals surface area contributed by atoms with Gasteiger partial charge in [0.15, 0.2) is 0 Å². The van der Waals surface area contributed by atoms with E-state index in [1.165, 1.54) is 77.9 Å². The zero-order chi connectivity index (χ0) is 37.6. The van der Waals surface area contributed by atoms with Crippen LogP contribution in [0.3, 0.4) is 0 Å². The van der Waals surface area contributed by atoms with Gasteiger partial charge in [0.2, 0.25) is 0 Å². The molecule has 3 aliphatic rings. The molecule has 6 aromatic rings. The van der Waals surface area contributed by atoms with Crippen LogP contribution in [0.5, 0.6) is 0 Å². The minimum Gasteiger partial charge on any atom is -0.470 e. The van der Waals surface area contributed by atoms with E-state index in [2.05, 4.69) is 185 Å². The maximum atomic E-state index is 7.17. The van der Waals surface area contributed by atoms with Crippen molar-refractivity contribution < 1.29 is 4.42 Å². The first-order valence-electron chi connectivity index (χ1n) is 19.7. The molecule has 1 aromatic heterocycles. The summed E-state index contributed by atoms with van der Waals surface area (Å²) in [4.78, 5) is 2.60. The van der Waals surface area contributed by atoms with Gasteiger partial charge in [0, 0.05) is 33.3 Å².